The van der Waals surface area contributed by atoms with Gasteiger partial charge in [0.15, 0.2) is 6.29 Å². The van der Waals surface area contributed by atoms with Crippen molar-refractivity contribution in [1.82, 2.24) is 10.2 Å². The highest BCUT2D eigenvalue weighted by Crippen LogP contribution is 2.14. The van der Waals surface area contributed by atoms with Crippen LogP contribution in [0.15, 0.2) is 11.4 Å². The fraction of sp³-hybridized carbons (Fsp3) is 0.500. The standard InChI is InChI=1S/C10H13N3O2/c11-6-9(7-14)10(12-8-15)13-4-2-1-3-5-13/h7-8H,1-5H2,(H,12,15)/b10-9+. The van der Waals surface area contributed by atoms with Crippen molar-refractivity contribution >= 4 is 12.7 Å². The fourth-order valence-electron chi connectivity index (χ4n) is 1.65. The summed E-state index contributed by atoms with van der Waals surface area (Å²) in [7, 11) is 0. The van der Waals surface area contributed by atoms with E-state index in [1.807, 2.05) is 4.90 Å². The minimum atomic E-state index is -0.0241. The number of hydrogen-bond donors (Lipinski definition) is 1. The first-order valence-corrected chi connectivity index (χ1v) is 4.88. The van der Waals surface area contributed by atoms with Gasteiger partial charge in [0, 0.05) is 13.1 Å². The van der Waals surface area contributed by atoms with E-state index in [0.717, 1.165) is 32.4 Å². The van der Waals surface area contributed by atoms with E-state index in [1.54, 1.807) is 6.07 Å². The lowest BCUT2D eigenvalue weighted by atomic mass is 10.1. The second kappa shape index (κ2) is 5.81. The molecule has 0 aromatic rings. The zero-order valence-electron chi connectivity index (χ0n) is 8.40. The summed E-state index contributed by atoms with van der Waals surface area (Å²) in [4.78, 5) is 22.9. The van der Waals surface area contributed by atoms with Crippen LogP contribution in [0, 0.1) is 11.3 Å². The van der Waals surface area contributed by atoms with Crippen molar-refractivity contribution < 1.29 is 9.59 Å². The maximum atomic E-state index is 10.6. The minimum absolute atomic E-state index is 0.0241. The molecule has 0 aliphatic carbocycles. The number of nitrogens with zero attached hydrogens (tertiary/aromatic N) is 2. The Hall–Kier alpha value is -1.83. The molecule has 1 saturated heterocycles. The number of likely N-dealkylation sites (tertiary alicyclic amines) is 1. The Morgan fingerprint density at radius 1 is 1.27 bits per heavy atom. The van der Waals surface area contributed by atoms with E-state index in [0.29, 0.717) is 18.5 Å². The van der Waals surface area contributed by atoms with Gasteiger partial charge < -0.3 is 10.2 Å². The van der Waals surface area contributed by atoms with Gasteiger partial charge in [-0.1, -0.05) is 0 Å². The van der Waals surface area contributed by atoms with Gasteiger partial charge in [-0.25, -0.2) is 0 Å². The molecule has 5 nitrogen and oxygen atoms in total. The van der Waals surface area contributed by atoms with Gasteiger partial charge in [0.1, 0.15) is 17.5 Å². The normalized spacial score (nSPS) is 17.4. The van der Waals surface area contributed by atoms with Gasteiger partial charge in [0.05, 0.1) is 0 Å². The Bertz CT molecular complexity index is 311. The molecule has 1 rings (SSSR count). The van der Waals surface area contributed by atoms with E-state index in [1.165, 1.54) is 0 Å². The second-order valence-electron chi connectivity index (χ2n) is 3.30. The van der Waals surface area contributed by atoms with Crippen LogP contribution >= 0.6 is 0 Å². The van der Waals surface area contributed by atoms with Gasteiger partial charge in [-0.2, -0.15) is 5.26 Å². The van der Waals surface area contributed by atoms with Crippen molar-refractivity contribution in [1.29, 1.82) is 5.26 Å². The largest absolute Gasteiger partial charge is 0.357 e. The van der Waals surface area contributed by atoms with Gasteiger partial charge in [-0.15, -0.1) is 0 Å². The molecule has 0 bridgehead atoms. The van der Waals surface area contributed by atoms with Crippen LogP contribution in [0.2, 0.25) is 0 Å². The molecule has 1 heterocycles. The molecule has 1 aliphatic rings. The van der Waals surface area contributed by atoms with Crippen LogP contribution in [0.4, 0.5) is 0 Å². The molecule has 0 saturated carbocycles. The number of carbonyl (C=O) groups excluding carboxylic acids is 2. The third-order valence-corrected chi connectivity index (χ3v) is 2.36. The summed E-state index contributed by atoms with van der Waals surface area (Å²) in [5.41, 5.74) is -0.0241. The first-order chi connectivity index (χ1) is 7.33. The Morgan fingerprint density at radius 3 is 2.40 bits per heavy atom. The number of rotatable bonds is 4. The molecule has 0 aromatic heterocycles. The SMILES string of the molecule is N#C/C(C=O)=C(/NC=O)N1CCCCC1. The minimum Gasteiger partial charge on any atom is -0.357 e. The van der Waals surface area contributed by atoms with Crippen molar-refractivity contribution in [2.45, 2.75) is 19.3 Å². The van der Waals surface area contributed by atoms with Crippen molar-refractivity contribution in [2.75, 3.05) is 13.1 Å². The van der Waals surface area contributed by atoms with Crippen LogP contribution < -0.4 is 5.32 Å². The number of carbonyl (C=O) groups is 2. The van der Waals surface area contributed by atoms with Gasteiger partial charge in [-0.05, 0) is 19.3 Å². The summed E-state index contributed by atoms with van der Waals surface area (Å²) < 4.78 is 0. The predicted octanol–water partition coefficient (Wildman–Crippen LogP) is 0.152. The molecule has 0 atom stereocenters. The Morgan fingerprint density at radius 2 is 1.93 bits per heavy atom. The van der Waals surface area contributed by atoms with Crippen LogP contribution in [-0.2, 0) is 9.59 Å². The number of nitriles is 1. The second-order valence-corrected chi connectivity index (χ2v) is 3.30. The van der Waals surface area contributed by atoms with Crippen molar-refractivity contribution in [3.8, 4) is 6.07 Å². The number of nitrogens with one attached hydrogen (secondary N) is 1. The van der Waals surface area contributed by atoms with E-state index in [2.05, 4.69) is 5.32 Å². The molecular formula is C10H13N3O2. The van der Waals surface area contributed by atoms with E-state index >= 15 is 0 Å². The highest BCUT2D eigenvalue weighted by Gasteiger charge is 2.16. The quantitative estimate of drug-likeness (QED) is 0.404. The van der Waals surface area contributed by atoms with Gasteiger partial charge in [0.25, 0.3) is 0 Å². The average molecular weight is 207 g/mol. The smallest absolute Gasteiger partial charge is 0.212 e. The zero-order valence-corrected chi connectivity index (χ0v) is 8.40. The summed E-state index contributed by atoms with van der Waals surface area (Å²) in [5.74, 6) is 0.335. The highest BCUT2D eigenvalue weighted by atomic mass is 16.1. The third kappa shape index (κ3) is 2.81. The maximum Gasteiger partial charge on any atom is 0.212 e. The Kier molecular flexibility index (Phi) is 4.35. The van der Waals surface area contributed by atoms with E-state index < -0.39 is 0 Å². The van der Waals surface area contributed by atoms with Crippen LogP contribution in [0.25, 0.3) is 0 Å². The molecule has 0 radical (unpaired) electrons. The number of amides is 1. The van der Waals surface area contributed by atoms with E-state index in [4.69, 9.17) is 5.26 Å². The van der Waals surface area contributed by atoms with Crippen molar-refractivity contribution in [3.05, 3.63) is 11.4 Å². The van der Waals surface area contributed by atoms with Gasteiger partial charge in [-0.3, -0.25) is 9.59 Å². The Balaban J connectivity index is 2.89. The average Bonchev–Trinajstić information content (AvgIpc) is 2.30. The molecule has 0 spiro atoms. The number of aldehydes is 1. The lowest BCUT2D eigenvalue weighted by molar-refractivity contribution is -0.109. The monoisotopic (exact) mass is 207 g/mol. The molecule has 5 heteroatoms. The molecule has 1 aliphatic heterocycles. The molecule has 80 valence electrons. The first kappa shape index (κ1) is 11.2. The summed E-state index contributed by atoms with van der Waals surface area (Å²) in [6.45, 7) is 1.55. The highest BCUT2D eigenvalue weighted by molar-refractivity contribution is 5.80. The number of allylic oxidation sites excluding steroid dienone is 1. The number of piperidine rings is 1. The molecular weight excluding hydrogens is 194 g/mol. The van der Waals surface area contributed by atoms with Crippen LogP contribution in [0.3, 0.4) is 0 Å². The zero-order chi connectivity index (χ0) is 11.1. The summed E-state index contributed by atoms with van der Waals surface area (Å²) >= 11 is 0. The van der Waals surface area contributed by atoms with Gasteiger partial charge in [0.2, 0.25) is 6.41 Å². The fourth-order valence-corrected chi connectivity index (χ4v) is 1.65. The lowest BCUT2D eigenvalue weighted by Crippen LogP contribution is -2.36. The first-order valence-electron chi connectivity index (χ1n) is 4.88. The Labute approximate surface area is 88.4 Å². The summed E-state index contributed by atoms with van der Waals surface area (Å²) in [6.07, 6.45) is 4.14. The van der Waals surface area contributed by atoms with E-state index in [9.17, 15) is 9.59 Å². The van der Waals surface area contributed by atoms with Crippen molar-refractivity contribution in [2.24, 2.45) is 0 Å². The van der Waals surface area contributed by atoms with Crippen molar-refractivity contribution in [3.63, 3.8) is 0 Å². The van der Waals surface area contributed by atoms with Crippen LogP contribution in [0.1, 0.15) is 19.3 Å². The molecule has 0 aromatic carbocycles. The molecule has 0 unspecified atom stereocenters. The maximum absolute atomic E-state index is 10.6. The van der Waals surface area contributed by atoms with E-state index in [-0.39, 0.29) is 5.57 Å². The summed E-state index contributed by atoms with van der Waals surface area (Å²) in [5, 5.41) is 11.2. The molecule has 1 fully saturated rings. The number of hydrogen-bond acceptors (Lipinski definition) is 4. The molecule has 1 N–H and O–H groups in total. The lowest BCUT2D eigenvalue weighted by Gasteiger charge is -2.30. The topological polar surface area (TPSA) is 73.2 Å². The summed E-state index contributed by atoms with van der Waals surface area (Å²) in [6, 6.07) is 1.78. The van der Waals surface area contributed by atoms with Crippen LogP contribution in [-0.4, -0.2) is 30.7 Å². The van der Waals surface area contributed by atoms with Crippen LogP contribution in [0.5, 0.6) is 0 Å². The van der Waals surface area contributed by atoms with Gasteiger partial charge >= 0.3 is 0 Å². The molecule has 1 amide bonds. The predicted molar refractivity (Wildman–Crippen MR) is 53.3 cm³/mol. The third-order valence-electron chi connectivity index (χ3n) is 2.36. The molecule has 15 heavy (non-hydrogen) atoms.